The molecule has 1 aromatic rings. The molecule has 0 aliphatic rings. The summed E-state index contributed by atoms with van der Waals surface area (Å²) < 4.78 is 25.8. The summed E-state index contributed by atoms with van der Waals surface area (Å²) in [4.78, 5) is 0. The van der Waals surface area contributed by atoms with Crippen LogP contribution in [0.3, 0.4) is 0 Å². The van der Waals surface area contributed by atoms with E-state index in [2.05, 4.69) is 0 Å². The first-order valence-electron chi connectivity index (χ1n) is 4.53. The molecule has 0 bridgehead atoms. The van der Waals surface area contributed by atoms with Gasteiger partial charge >= 0.3 is 0 Å². The number of benzene rings is 1. The van der Waals surface area contributed by atoms with Crippen molar-refractivity contribution in [2.24, 2.45) is 11.5 Å². The largest absolute Gasteiger partial charge is 0.329 e. The van der Waals surface area contributed by atoms with Crippen molar-refractivity contribution >= 4 is 0 Å². The van der Waals surface area contributed by atoms with Crippen LogP contribution in [0.2, 0.25) is 0 Å². The molecule has 0 aliphatic heterocycles. The minimum Gasteiger partial charge on any atom is -0.329 e. The summed E-state index contributed by atoms with van der Waals surface area (Å²) in [6.07, 6.45) is 0.611. The van der Waals surface area contributed by atoms with Crippen molar-refractivity contribution in [3.63, 3.8) is 0 Å². The van der Waals surface area contributed by atoms with Gasteiger partial charge in [-0.15, -0.1) is 0 Å². The molecule has 1 rings (SSSR count). The fraction of sp³-hybridized carbons (Fsp3) is 0.400. The van der Waals surface area contributed by atoms with Gasteiger partial charge in [0.2, 0.25) is 0 Å². The first kappa shape index (κ1) is 11.1. The van der Waals surface area contributed by atoms with E-state index in [9.17, 15) is 8.78 Å². The fourth-order valence-corrected chi connectivity index (χ4v) is 1.38. The minimum atomic E-state index is -0.874. The Kier molecular flexibility index (Phi) is 3.55. The average molecular weight is 200 g/mol. The van der Waals surface area contributed by atoms with Gasteiger partial charge in [0.15, 0.2) is 11.6 Å². The molecule has 0 radical (unpaired) electrons. The predicted octanol–water partition coefficient (Wildman–Crippen LogP) is 1.49. The van der Waals surface area contributed by atoms with Crippen LogP contribution in [0.5, 0.6) is 0 Å². The first-order valence-corrected chi connectivity index (χ1v) is 4.53. The van der Waals surface area contributed by atoms with E-state index in [-0.39, 0.29) is 6.54 Å². The minimum absolute atomic E-state index is 0.220. The highest BCUT2D eigenvalue weighted by Crippen LogP contribution is 2.20. The van der Waals surface area contributed by atoms with Crippen LogP contribution in [0.1, 0.15) is 24.1 Å². The maximum Gasteiger partial charge on any atom is 0.159 e. The number of hydrogen-bond donors (Lipinski definition) is 2. The second-order valence-corrected chi connectivity index (χ2v) is 3.16. The third-order valence-electron chi connectivity index (χ3n) is 2.22. The summed E-state index contributed by atoms with van der Waals surface area (Å²) in [6, 6.07) is 1.88. The van der Waals surface area contributed by atoms with Crippen molar-refractivity contribution < 1.29 is 8.78 Å². The Balaban J connectivity index is 3.19. The maximum atomic E-state index is 12.9. The molecular weight excluding hydrogens is 186 g/mol. The van der Waals surface area contributed by atoms with Crippen molar-refractivity contribution in [3.8, 4) is 0 Å². The first-order chi connectivity index (χ1) is 6.60. The smallest absolute Gasteiger partial charge is 0.159 e. The molecule has 0 spiro atoms. The zero-order chi connectivity index (χ0) is 10.7. The second-order valence-electron chi connectivity index (χ2n) is 3.16. The van der Waals surface area contributed by atoms with Gasteiger partial charge in [0.25, 0.3) is 0 Å². The molecule has 0 fully saturated rings. The Morgan fingerprint density at radius 1 is 1.29 bits per heavy atom. The van der Waals surface area contributed by atoms with E-state index in [0.717, 1.165) is 6.07 Å². The molecule has 4 heteroatoms. The Morgan fingerprint density at radius 2 is 1.86 bits per heavy atom. The predicted molar refractivity (Wildman–Crippen MR) is 51.7 cm³/mol. The molecule has 14 heavy (non-hydrogen) atoms. The third kappa shape index (κ3) is 2.08. The fourth-order valence-electron chi connectivity index (χ4n) is 1.38. The summed E-state index contributed by atoms with van der Waals surface area (Å²) >= 11 is 0. The van der Waals surface area contributed by atoms with E-state index >= 15 is 0 Å². The Bertz CT molecular complexity index is 326. The molecule has 2 nitrogen and oxygen atoms in total. The van der Waals surface area contributed by atoms with E-state index in [0.29, 0.717) is 17.5 Å². The van der Waals surface area contributed by atoms with Gasteiger partial charge < -0.3 is 11.5 Å². The zero-order valence-electron chi connectivity index (χ0n) is 8.06. The molecule has 0 aliphatic carbocycles. The highest BCUT2D eigenvalue weighted by atomic mass is 19.2. The summed E-state index contributed by atoms with van der Waals surface area (Å²) in [7, 11) is 0. The zero-order valence-corrected chi connectivity index (χ0v) is 8.06. The lowest BCUT2D eigenvalue weighted by atomic mass is 9.99. The molecule has 0 aromatic heterocycles. The molecule has 1 atom stereocenters. The van der Waals surface area contributed by atoms with Crippen molar-refractivity contribution in [3.05, 3.63) is 34.9 Å². The molecule has 1 unspecified atom stereocenters. The lowest BCUT2D eigenvalue weighted by molar-refractivity contribution is 0.503. The molecule has 0 saturated heterocycles. The topological polar surface area (TPSA) is 52.0 Å². The van der Waals surface area contributed by atoms with Crippen LogP contribution < -0.4 is 11.5 Å². The lowest BCUT2D eigenvalue weighted by Gasteiger charge is -2.14. The van der Waals surface area contributed by atoms with E-state index in [4.69, 9.17) is 11.5 Å². The van der Waals surface area contributed by atoms with Crippen LogP contribution in [0.4, 0.5) is 8.78 Å². The van der Waals surface area contributed by atoms with Crippen molar-refractivity contribution in [1.29, 1.82) is 0 Å². The molecule has 1 aromatic carbocycles. The van der Waals surface area contributed by atoms with Gasteiger partial charge in [-0.05, 0) is 29.7 Å². The van der Waals surface area contributed by atoms with E-state index < -0.39 is 17.7 Å². The third-order valence-corrected chi connectivity index (χ3v) is 2.22. The van der Waals surface area contributed by atoms with Crippen molar-refractivity contribution in [1.82, 2.24) is 0 Å². The highest BCUT2D eigenvalue weighted by molar-refractivity contribution is 5.31. The number of aryl methyl sites for hydroxylation is 1. The SMILES string of the molecule is CCc1cc(F)c(F)cc1C(N)CN. The van der Waals surface area contributed by atoms with Crippen LogP contribution in [-0.4, -0.2) is 6.54 Å². The van der Waals surface area contributed by atoms with Crippen LogP contribution in [-0.2, 0) is 6.42 Å². The quantitative estimate of drug-likeness (QED) is 0.776. The van der Waals surface area contributed by atoms with Gasteiger partial charge in [-0.3, -0.25) is 0 Å². The average Bonchev–Trinajstić information content (AvgIpc) is 2.20. The van der Waals surface area contributed by atoms with Crippen LogP contribution in [0.15, 0.2) is 12.1 Å². The molecule has 0 amide bonds. The van der Waals surface area contributed by atoms with E-state index in [1.165, 1.54) is 6.07 Å². The van der Waals surface area contributed by atoms with Crippen molar-refractivity contribution in [2.45, 2.75) is 19.4 Å². The maximum absolute atomic E-state index is 12.9. The van der Waals surface area contributed by atoms with Crippen molar-refractivity contribution in [2.75, 3.05) is 6.54 Å². The van der Waals surface area contributed by atoms with Crippen LogP contribution in [0.25, 0.3) is 0 Å². The lowest BCUT2D eigenvalue weighted by Crippen LogP contribution is -2.22. The van der Waals surface area contributed by atoms with E-state index in [1.807, 2.05) is 6.92 Å². The van der Waals surface area contributed by atoms with Crippen LogP contribution in [0, 0.1) is 11.6 Å². The van der Waals surface area contributed by atoms with Crippen LogP contribution >= 0.6 is 0 Å². The number of rotatable bonds is 3. The Morgan fingerprint density at radius 3 is 2.36 bits per heavy atom. The summed E-state index contributed by atoms with van der Waals surface area (Å²) in [6.45, 7) is 2.08. The molecule has 78 valence electrons. The van der Waals surface area contributed by atoms with Gasteiger partial charge in [0.1, 0.15) is 0 Å². The monoisotopic (exact) mass is 200 g/mol. The summed E-state index contributed by atoms with van der Waals surface area (Å²) in [5.41, 5.74) is 12.4. The second kappa shape index (κ2) is 4.48. The van der Waals surface area contributed by atoms with Gasteiger partial charge in [-0.1, -0.05) is 6.92 Å². The molecular formula is C10H14F2N2. The van der Waals surface area contributed by atoms with E-state index in [1.54, 1.807) is 0 Å². The standard InChI is InChI=1S/C10H14F2N2/c1-2-6-3-8(11)9(12)4-7(6)10(14)5-13/h3-4,10H,2,5,13-14H2,1H3. The molecule has 4 N–H and O–H groups in total. The molecule has 0 saturated carbocycles. The Labute approximate surface area is 81.9 Å². The van der Waals surface area contributed by atoms with Gasteiger partial charge in [0, 0.05) is 12.6 Å². The number of hydrogen-bond acceptors (Lipinski definition) is 2. The summed E-state index contributed by atoms with van der Waals surface area (Å²) in [5, 5.41) is 0. The van der Waals surface area contributed by atoms with Gasteiger partial charge in [0.05, 0.1) is 0 Å². The normalized spacial score (nSPS) is 12.9. The number of nitrogens with two attached hydrogens (primary N) is 2. The van der Waals surface area contributed by atoms with Gasteiger partial charge in [-0.2, -0.15) is 0 Å². The highest BCUT2D eigenvalue weighted by Gasteiger charge is 2.13. The summed E-state index contributed by atoms with van der Waals surface area (Å²) in [5.74, 6) is -1.71. The Hall–Kier alpha value is -1.00. The number of halogens is 2. The van der Waals surface area contributed by atoms with Gasteiger partial charge in [-0.25, -0.2) is 8.78 Å². The molecule has 0 heterocycles.